The summed E-state index contributed by atoms with van der Waals surface area (Å²) < 4.78 is 31.5. The topological polar surface area (TPSA) is 60.2 Å². The van der Waals surface area contributed by atoms with Crippen molar-refractivity contribution < 1.29 is 12.8 Å². The Labute approximate surface area is 148 Å². The van der Waals surface area contributed by atoms with Crippen molar-refractivity contribution in [3.8, 4) is 0 Å². The summed E-state index contributed by atoms with van der Waals surface area (Å²) in [6, 6.07) is 13.5. The zero-order valence-electron chi connectivity index (χ0n) is 15.0. The Morgan fingerprint density at radius 1 is 1.08 bits per heavy atom. The molecule has 0 spiro atoms. The van der Waals surface area contributed by atoms with Crippen molar-refractivity contribution in [1.29, 1.82) is 0 Å². The highest BCUT2D eigenvalue weighted by atomic mass is 32.2. The minimum atomic E-state index is -3.45. The molecule has 25 heavy (non-hydrogen) atoms. The molecule has 1 aromatic heterocycles. The van der Waals surface area contributed by atoms with Gasteiger partial charge >= 0.3 is 0 Å². The van der Waals surface area contributed by atoms with Gasteiger partial charge in [0.25, 0.3) is 0 Å². The van der Waals surface area contributed by atoms with E-state index in [1.165, 1.54) is 0 Å². The lowest BCUT2D eigenvalue weighted by molar-refractivity contribution is 0.380. The van der Waals surface area contributed by atoms with Crippen LogP contribution in [0.5, 0.6) is 0 Å². The summed E-state index contributed by atoms with van der Waals surface area (Å²) >= 11 is 0. The van der Waals surface area contributed by atoms with Crippen LogP contribution in [0, 0.1) is 0 Å². The quantitative estimate of drug-likeness (QED) is 0.673. The first-order valence-corrected chi connectivity index (χ1v) is 10.0. The fraction of sp³-hybridized carbons (Fsp3) is 0.350. The van der Waals surface area contributed by atoms with Crippen LogP contribution in [0.2, 0.25) is 0 Å². The van der Waals surface area contributed by atoms with Crippen LogP contribution in [0.3, 0.4) is 0 Å². The Bertz CT molecular complexity index is 992. The molecule has 0 radical (unpaired) electrons. The number of oxazole rings is 1. The molecule has 0 bridgehead atoms. The van der Waals surface area contributed by atoms with Gasteiger partial charge in [0.05, 0.1) is 11.9 Å². The second-order valence-corrected chi connectivity index (χ2v) is 9.72. The number of fused-ring (bicyclic) bond motifs is 1. The number of hydrogen-bond acceptors (Lipinski definition) is 4. The van der Waals surface area contributed by atoms with Crippen LogP contribution >= 0.6 is 0 Å². The minimum absolute atomic E-state index is 0.0389. The number of sulfone groups is 1. The predicted molar refractivity (Wildman–Crippen MR) is 100 cm³/mol. The van der Waals surface area contributed by atoms with Crippen LogP contribution in [-0.2, 0) is 21.0 Å². The third-order valence-corrected chi connectivity index (χ3v) is 6.38. The second kappa shape index (κ2) is 6.30. The van der Waals surface area contributed by atoms with Crippen molar-refractivity contribution in [2.24, 2.45) is 0 Å². The lowest BCUT2D eigenvalue weighted by atomic mass is 9.94. The third kappa shape index (κ3) is 3.61. The molecule has 3 rings (SSSR count). The second-order valence-electron chi connectivity index (χ2n) is 7.40. The van der Waals surface area contributed by atoms with E-state index >= 15 is 0 Å². The molecule has 0 aliphatic carbocycles. The third-order valence-electron chi connectivity index (χ3n) is 4.39. The molecule has 0 amide bonds. The maximum absolute atomic E-state index is 12.9. The van der Waals surface area contributed by atoms with Crippen LogP contribution < -0.4 is 0 Å². The van der Waals surface area contributed by atoms with Crippen LogP contribution in [-0.4, -0.2) is 13.4 Å². The van der Waals surface area contributed by atoms with E-state index < -0.39 is 15.1 Å². The molecule has 3 aromatic rings. The Kier molecular flexibility index (Phi) is 4.45. The van der Waals surface area contributed by atoms with E-state index in [1.54, 1.807) is 13.1 Å². The highest BCUT2D eigenvalue weighted by molar-refractivity contribution is 7.90. The summed E-state index contributed by atoms with van der Waals surface area (Å²) in [6.45, 7) is 7.66. The van der Waals surface area contributed by atoms with E-state index in [0.717, 1.165) is 16.3 Å². The number of hydrogen-bond donors (Lipinski definition) is 0. The molecule has 0 N–H and O–H groups in total. The van der Waals surface area contributed by atoms with Gasteiger partial charge in [-0.25, -0.2) is 13.4 Å². The molecule has 1 heterocycles. The Morgan fingerprint density at radius 2 is 1.76 bits per heavy atom. The molecule has 0 fully saturated rings. The minimum Gasteiger partial charge on any atom is -0.444 e. The molecule has 1 atom stereocenters. The molecule has 0 saturated heterocycles. The SMILES string of the molecule is CC(c1ncc(C(C)(C)C)o1)S(=O)(=O)Cc1cccc2ccccc12. The van der Waals surface area contributed by atoms with Gasteiger partial charge in [-0.05, 0) is 23.3 Å². The summed E-state index contributed by atoms with van der Waals surface area (Å²) in [6.07, 6.45) is 1.62. The van der Waals surface area contributed by atoms with Gasteiger partial charge in [0.1, 0.15) is 11.0 Å². The van der Waals surface area contributed by atoms with E-state index in [0.29, 0.717) is 5.76 Å². The highest BCUT2D eigenvalue weighted by Crippen LogP contribution is 2.30. The first-order valence-electron chi connectivity index (χ1n) is 8.33. The van der Waals surface area contributed by atoms with Gasteiger partial charge in [0.2, 0.25) is 5.89 Å². The van der Waals surface area contributed by atoms with Crippen LogP contribution in [0.15, 0.2) is 53.1 Å². The van der Waals surface area contributed by atoms with Gasteiger partial charge in [-0.2, -0.15) is 0 Å². The van der Waals surface area contributed by atoms with E-state index in [4.69, 9.17) is 4.42 Å². The summed E-state index contributed by atoms with van der Waals surface area (Å²) in [5, 5.41) is 1.21. The zero-order valence-corrected chi connectivity index (χ0v) is 15.8. The average Bonchev–Trinajstić information content (AvgIpc) is 3.04. The lowest BCUT2D eigenvalue weighted by Gasteiger charge is -2.14. The van der Waals surface area contributed by atoms with Crippen molar-refractivity contribution in [2.75, 3.05) is 0 Å². The van der Waals surface area contributed by atoms with Gasteiger partial charge in [0.15, 0.2) is 9.84 Å². The standard InChI is InChI=1S/C20H23NO3S/c1-14(19-21-12-18(24-19)20(2,3)4)25(22,23)13-16-10-7-9-15-8-5-6-11-17(15)16/h5-12,14H,13H2,1-4H3. The number of rotatable bonds is 4. The summed E-state index contributed by atoms with van der Waals surface area (Å²) in [4.78, 5) is 4.21. The molecule has 1 unspecified atom stereocenters. The predicted octanol–water partition coefficient (Wildman–Crippen LogP) is 4.80. The smallest absolute Gasteiger partial charge is 0.212 e. The Hall–Kier alpha value is -2.14. The van der Waals surface area contributed by atoms with E-state index in [-0.39, 0.29) is 17.1 Å². The molecule has 0 aliphatic heterocycles. The Balaban J connectivity index is 1.92. The molecule has 4 nitrogen and oxygen atoms in total. The first-order chi connectivity index (χ1) is 11.7. The molecular formula is C20H23NO3S. The highest BCUT2D eigenvalue weighted by Gasteiger charge is 2.29. The molecule has 5 heteroatoms. The van der Waals surface area contributed by atoms with Crippen molar-refractivity contribution >= 4 is 20.6 Å². The van der Waals surface area contributed by atoms with Crippen molar-refractivity contribution in [3.63, 3.8) is 0 Å². The maximum Gasteiger partial charge on any atom is 0.212 e. The molecular weight excluding hydrogens is 334 g/mol. The van der Waals surface area contributed by atoms with Crippen molar-refractivity contribution in [3.05, 3.63) is 65.9 Å². The fourth-order valence-corrected chi connectivity index (χ4v) is 4.09. The van der Waals surface area contributed by atoms with E-state index in [9.17, 15) is 8.42 Å². The number of nitrogens with zero attached hydrogens (tertiary/aromatic N) is 1. The maximum atomic E-state index is 12.9. The normalized spacial score (nSPS) is 13.9. The molecule has 2 aromatic carbocycles. The fourth-order valence-electron chi connectivity index (χ4n) is 2.74. The van der Waals surface area contributed by atoms with Crippen molar-refractivity contribution in [2.45, 2.75) is 44.1 Å². The summed E-state index contributed by atoms with van der Waals surface area (Å²) in [7, 11) is -3.45. The van der Waals surface area contributed by atoms with Crippen LogP contribution in [0.1, 0.15) is 50.2 Å². The van der Waals surface area contributed by atoms with Gasteiger partial charge in [-0.3, -0.25) is 0 Å². The number of benzene rings is 2. The van der Waals surface area contributed by atoms with Crippen LogP contribution in [0.25, 0.3) is 10.8 Å². The van der Waals surface area contributed by atoms with E-state index in [1.807, 2.05) is 63.2 Å². The monoisotopic (exact) mass is 357 g/mol. The van der Waals surface area contributed by atoms with Gasteiger partial charge in [-0.1, -0.05) is 63.2 Å². The van der Waals surface area contributed by atoms with E-state index in [2.05, 4.69) is 4.98 Å². The van der Waals surface area contributed by atoms with Crippen LogP contribution in [0.4, 0.5) is 0 Å². The van der Waals surface area contributed by atoms with Gasteiger partial charge < -0.3 is 4.42 Å². The Morgan fingerprint density at radius 3 is 2.44 bits per heavy atom. The summed E-state index contributed by atoms with van der Waals surface area (Å²) in [5.41, 5.74) is 0.595. The first kappa shape index (κ1) is 17.7. The van der Waals surface area contributed by atoms with Gasteiger partial charge in [0, 0.05) is 5.41 Å². The van der Waals surface area contributed by atoms with Crippen molar-refractivity contribution in [1.82, 2.24) is 4.98 Å². The summed E-state index contributed by atoms with van der Waals surface area (Å²) in [5.74, 6) is 0.905. The molecule has 0 aliphatic rings. The largest absolute Gasteiger partial charge is 0.444 e. The zero-order chi connectivity index (χ0) is 18.2. The average molecular weight is 357 g/mol. The lowest BCUT2D eigenvalue weighted by Crippen LogP contribution is -2.14. The van der Waals surface area contributed by atoms with Gasteiger partial charge in [-0.15, -0.1) is 0 Å². The number of aromatic nitrogens is 1. The molecule has 132 valence electrons. The molecule has 0 saturated carbocycles.